The van der Waals surface area contributed by atoms with Crippen LogP contribution in [0.25, 0.3) is 0 Å². The smallest absolute Gasteiger partial charge is 0.257 e. The second-order valence-electron chi connectivity index (χ2n) is 5.75. The molecule has 0 amide bonds. The van der Waals surface area contributed by atoms with Gasteiger partial charge in [0.1, 0.15) is 6.61 Å². The van der Waals surface area contributed by atoms with Gasteiger partial charge in [-0.1, -0.05) is 26.2 Å². The molecule has 1 aliphatic carbocycles. The predicted octanol–water partition coefficient (Wildman–Crippen LogP) is 2.42. The fraction of sp³-hybridized carbons (Fsp3) is 1.00. The molecule has 104 valence electrons. The number of ether oxygens (including phenoxy) is 1. The van der Waals surface area contributed by atoms with E-state index in [0.29, 0.717) is 25.7 Å². The maximum Gasteiger partial charge on any atom is 0.257 e. The summed E-state index contributed by atoms with van der Waals surface area (Å²) in [7, 11) is 0. The van der Waals surface area contributed by atoms with E-state index >= 15 is 0 Å². The fourth-order valence-corrected chi connectivity index (χ4v) is 3.32. The Balaban J connectivity index is 2.03. The van der Waals surface area contributed by atoms with Crippen molar-refractivity contribution in [1.29, 1.82) is 0 Å². The zero-order valence-corrected chi connectivity index (χ0v) is 11.3. The molecule has 1 saturated heterocycles. The summed E-state index contributed by atoms with van der Waals surface area (Å²) >= 11 is 0. The normalized spacial score (nSPS) is 31.4. The molecule has 0 spiro atoms. The van der Waals surface area contributed by atoms with Crippen molar-refractivity contribution >= 4 is 0 Å². The van der Waals surface area contributed by atoms with Crippen LogP contribution in [0, 0.1) is 10.1 Å². The molecule has 5 nitrogen and oxygen atoms in total. The molecular formula is C13H24N2O3. The Morgan fingerprint density at radius 3 is 2.72 bits per heavy atom. The topological polar surface area (TPSA) is 55.6 Å². The SMILES string of the molecule is CCCC1([N+](=O)[O-])COCN(C2CCCCC2)C1. The summed E-state index contributed by atoms with van der Waals surface area (Å²) in [5.41, 5.74) is -0.871. The van der Waals surface area contributed by atoms with Gasteiger partial charge in [-0.05, 0) is 19.3 Å². The first-order valence-corrected chi connectivity index (χ1v) is 7.14. The molecule has 0 aromatic heterocycles. The van der Waals surface area contributed by atoms with Gasteiger partial charge in [-0.15, -0.1) is 0 Å². The summed E-state index contributed by atoms with van der Waals surface area (Å²) in [6.07, 6.45) is 7.60. The van der Waals surface area contributed by atoms with Crippen LogP contribution in [-0.4, -0.2) is 41.3 Å². The summed E-state index contributed by atoms with van der Waals surface area (Å²) in [6, 6.07) is 0.496. The van der Waals surface area contributed by atoms with Crippen molar-refractivity contribution in [2.45, 2.75) is 63.5 Å². The number of rotatable bonds is 4. The minimum Gasteiger partial charge on any atom is -0.359 e. The monoisotopic (exact) mass is 256 g/mol. The van der Waals surface area contributed by atoms with Gasteiger partial charge in [0.25, 0.3) is 5.54 Å². The molecule has 0 aromatic rings. The summed E-state index contributed by atoms with van der Waals surface area (Å²) in [6.45, 7) is 3.42. The van der Waals surface area contributed by atoms with E-state index in [2.05, 4.69) is 4.90 Å². The van der Waals surface area contributed by atoms with Crippen molar-refractivity contribution < 1.29 is 9.66 Å². The molecule has 2 fully saturated rings. The third-order valence-electron chi connectivity index (χ3n) is 4.32. The van der Waals surface area contributed by atoms with E-state index in [1.165, 1.54) is 32.1 Å². The quantitative estimate of drug-likeness (QED) is 0.572. The van der Waals surface area contributed by atoms with Crippen molar-refractivity contribution in [3.63, 3.8) is 0 Å². The molecule has 1 saturated carbocycles. The van der Waals surface area contributed by atoms with E-state index in [0.717, 1.165) is 6.42 Å². The molecule has 1 atom stereocenters. The average Bonchev–Trinajstić information content (AvgIpc) is 2.40. The third kappa shape index (κ3) is 2.83. The predicted molar refractivity (Wildman–Crippen MR) is 69.0 cm³/mol. The Kier molecular flexibility index (Phi) is 4.56. The maximum atomic E-state index is 11.4. The highest BCUT2D eigenvalue weighted by Crippen LogP contribution is 2.29. The van der Waals surface area contributed by atoms with Gasteiger partial charge in [0.2, 0.25) is 0 Å². The lowest BCUT2D eigenvalue weighted by atomic mass is 9.89. The second kappa shape index (κ2) is 5.97. The van der Waals surface area contributed by atoms with E-state index < -0.39 is 5.54 Å². The molecule has 2 aliphatic rings. The van der Waals surface area contributed by atoms with Crippen LogP contribution in [0.3, 0.4) is 0 Å². The third-order valence-corrected chi connectivity index (χ3v) is 4.32. The average molecular weight is 256 g/mol. The number of hydrogen-bond acceptors (Lipinski definition) is 4. The number of nitrogens with zero attached hydrogens (tertiary/aromatic N) is 2. The molecule has 0 bridgehead atoms. The second-order valence-corrected chi connectivity index (χ2v) is 5.75. The standard InChI is InChI=1S/C13H24N2O3/c1-2-8-13(15(16)17)9-14(11-18-10-13)12-6-4-3-5-7-12/h12H,2-11H2,1H3. The van der Waals surface area contributed by atoms with Crippen molar-refractivity contribution in [3.8, 4) is 0 Å². The molecule has 2 rings (SSSR count). The van der Waals surface area contributed by atoms with E-state index in [9.17, 15) is 10.1 Å². The Labute approximate surface area is 109 Å². The first-order valence-electron chi connectivity index (χ1n) is 7.14. The molecule has 1 heterocycles. The molecule has 1 unspecified atom stereocenters. The van der Waals surface area contributed by atoms with Gasteiger partial charge in [-0.2, -0.15) is 0 Å². The van der Waals surface area contributed by atoms with E-state index in [1.807, 2.05) is 6.92 Å². The van der Waals surface area contributed by atoms with Crippen LogP contribution in [0.1, 0.15) is 51.9 Å². The van der Waals surface area contributed by atoms with E-state index in [4.69, 9.17) is 4.74 Å². The summed E-state index contributed by atoms with van der Waals surface area (Å²) in [5, 5.41) is 11.4. The van der Waals surface area contributed by atoms with Gasteiger partial charge in [-0.25, -0.2) is 0 Å². The highest BCUT2D eigenvalue weighted by molar-refractivity contribution is 4.88. The Morgan fingerprint density at radius 2 is 2.11 bits per heavy atom. The van der Waals surface area contributed by atoms with Crippen molar-refractivity contribution in [2.24, 2.45) is 0 Å². The van der Waals surface area contributed by atoms with Crippen molar-refractivity contribution in [1.82, 2.24) is 4.90 Å². The lowest BCUT2D eigenvalue weighted by Gasteiger charge is -2.41. The van der Waals surface area contributed by atoms with Crippen LogP contribution in [0.5, 0.6) is 0 Å². The minimum atomic E-state index is -0.871. The van der Waals surface area contributed by atoms with E-state index in [-0.39, 0.29) is 11.5 Å². The first kappa shape index (κ1) is 13.7. The van der Waals surface area contributed by atoms with Crippen LogP contribution in [0.15, 0.2) is 0 Å². The molecule has 1 aliphatic heterocycles. The molecule has 0 radical (unpaired) electrons. The Hall–Kier alpha value is -0.680. The first-order chi connectivity index (χ1) is 8.68. The molecule has 0 N–H and O–H groups in total. The lowest BCUT2D eigenvalue weighted by Crippen LogP contribution is -2.59. The maximum absolute atomic E-state index is 11.4. The summed E-state index contributed by atoms with van der Waals surface area (Å²) < 4.78 is 5.55. The molecule has 0 aromatic carbocycles. The summed E-state index contributed by atoms with van der Waals surface area (Å²) in [5.74, 6) is 0. The van der Waals surface area contributed by atoms with Crippen LogP contribution < -0.4 is 0 Å². The van der Waals surface area contributed by atoms with E-state index in [1.54, 1.807) is 0 Å². The van der Waals surface area contributed by atoms with Crippen LogP contribution >= 0.6 is 0 Å². The van der Waals surface area contributed by atoms with Gasteiger partial charge in [0, 0.05) is 17.4 Å². The Morgan fingerprint density at radius 1 is 1.39 bits per heavy atom. The van der Waals surface area contributed by atoms with Gasteiger partial charge in [0.05, 0.1) is 13.3 Å². The van der Waals surface area contributed by atoms with Crippen molar-refractivity contribution in [3.05, 3.63) is 10.1 Å². The van der Waals surface area contributed by atoms with Crippen LogP contribution in [0.4, 0.5) is 0 Å². The molecule has 18 heavy (non-hydrogen) atoms. The Bertz CT molecular complexity index is 288. The largest absolute Gasteiger partial charge is 0.359 e. The van der Waals surface area contributed by atoms with Gasteiger partial charge < -0.3 is 4.74 Å². The summed E-state index contributed by atoms with van der Waals surface area (Å²) in [4.78, 5) is 13.5. The van der Waals surface area contributed by atoms with Crippen LogP contribution in [0.2, 0.25) is 0 Å². The highest BCUT2D eigenvalue weighted by Gasteiger charge is 2.47. The number of hydrogen-bond donors (Lipinski definition) is 0. The zero-order chi connectivity index (χ0) is 13.0. The molecular weight excluding hydrogens is 232 g/mol. The molecule has 5 heteroatoms. The zero-order valence-electron chi connectivity index (χ0n) is 11.3. The van der Waals surface area contributed by atoms with Gasteiger partial charge in [0.15, 0.2) is 0 Å². The van der Waals surface area contributed by atoms with Crippen molar-refractivity contribution in [2.75, 3.05) is 19.9 Å². The lowest BCUT2D eigenvalue weighted by molar-refractivity contribution is -0.583. The highest BCUT2D eigenvalue weighted by atomic mass is 16.6. The number of nitro groups is 1. The van der Waals surface area contributed by atoms with Gasteiger partial charge >= 0.3 is 0 Å². The van der Waals surface area contributed by atoms with Gasteiger partial charge in [-0.3, -0.25) is 15.0 Å². The van der Waals surface area contributed by atoms with Crippen LogP contribution in [-0.2, 0) is 4.74 Å². The fourth-order valence-electron chi connectivity index (χ4n) is 3.32. The minimum absolute atomic E-state index is 0.106.